The second-order valence-electron chi connectivity index (χ2n) is 7.27. The van der Waals surface area contributed by atoms with E-state index in [9.17, 15) is 9.18 Å². The van der Waals surface area contributed by atoms with E-state index in [1.807, 2.05) is 0 Å². The molecule has 0 radical (unpaired) electrons. The molecule has 0 aliphatic heterocycles. The van der Waals surface area contributed by atoms with Crippen molar-refractivity contribution in [2.24, 2.45) is 5.73 Å². The predicted octanol–water partition coefficient (Wildman–Crippen LogP) is 4.92. The van der Waals surface area contributed by atoms with Gasteiger partial charge in [-0.3, -0.25) is 9.78 Å². The van der Waals surface area contributed by atoms with Crippen molar-refractivity contribution in [1.29, 1.82) is 0 Å². The third-order valence-corrected chi connectivity index (χ3v) is 5.17. The molecule has 2 aromatic heterocycles. The van der Waals surface area contributed by atoms with Crippen LogP contribution in [0.4, 0.5) is 8.78 Å². The van der Waals surface area contributed by atoms with Gasteiger partial charge < -0.3 is 19.6 Å². The van der Waals surface area contributed by atoms with Crippen molar-refractivity contribution in [3.63, 3.8) is 0 Å². The van der Waals surface area contributed by atoms with Gasteiger partial charge in [-0.25, -0.2) is 8.78 Å². The molecular weight excluding hydrogens is 430 g/mol. The average molecular weight is 452 g/mol. The molecular formula is C25H22F2N2O4. The van der Waals surface area contributed by atoms with Gasteiger partial charge in [0.2, 0.25) is 0 Å². The summed E-state index contributed by atoms with van der Waals surface area (Å²) in [7, 11) is 0. The van der Waals surface area contributed by atoms with Crippen molar-refractivity contribution in [1.82, 2.24) is 4.98 Å². The molecule has 4 aromatic rings. The van der Waals surface area contributed by atoms with Gasteiger partial charge in [0.15, 0.2) is 5.82 Å². The first-order valence-electron chi connectivity index (χ1n) is 10.4. The van der Waals surface area contributed by atoms with Crippen molar-refractivity contribution in [2.45, 2.75) is 26.5 Å². The highest BCUT2D eigenvalue weighted by atomic mass is 19.1. The summed E-state index contributed by atoms with van der Waals surface area (Å²) in [5.41, 5.74) is 6.62. The molecule has 170 valence electrons. The summed E-state index contributed by atoms with van der Waals surface area (Å²) >= 11 is 0. The number of hydrogen-bond donors (Lipinski definition) is 1. The number of rotatable bonds is 8. The number of ether oxygens (including phenoxy) is 2. The van der Waals surface area contributed by atoms with E-state index >= 15 is 4.39 Å². The van der Waals surface area contributed by atoms with Crippen LogP contribution in [0.1, 0.15) is 23.7 Å². The highest BCUT2D eigenvalue weighted by molar-refractivity contribution is 5.93. The molecule has 6 nitrogen and oxygen atoms in total. The molecule has 0 fully saturated rings. The standard InChI is InChI=1S/C25H22F2N2O4/c1-2-31-21(30)12-15-5-3-4-6-20(15)33-14-17-11-16-8-10-32-25(16)22(23(17)26)18-7-9-29-19(13-28)24(18)27/h3-11H,2,12-14,28H2,1H3. The molecule has 0 amide bonds. The summed E-state index contributed by atoms with van der Waals surface area (Å²) in [5, 5.41) is 0.593. The summed E-state index contributed by atoms with van der Waals surface area (Å²) in [6.07, 6.45) is 2.82. The molecule has 33 heavy (non-hydrogen) atoms. The molecule has 0 aliphatic rings. The van der Waals surface area contributed by atoms with E-state index in [-0.39, 0.29) is 60.1 Å². The maximum atomic E-state index is 15.7. The minimum atomic E-state index is -0.700. The molecule has 0 spiro atoms. The zero-order valence-corrected chi connectivity index (χ0v) is 17.9. The number of esters is 1. The van der Waals surface area contributed by atoms with Crippen LogP contribution in [0.2, 0.25) is 0 Å². The zero-order chi connectivity index (χ0) is 23.4. The van der Waals surface area contributed by atoms with Gasteiger partial charge in [0.25, 0.3) is 0 Å². The van der Waals surface area contributed by atoms with Crippen molar-refractivity contribution in [3.05, 3.63) is 83.4 Å². The number of aromatic nitrogens is 1. The first-order chi connectivity index (χ1) is 16.0. The quantitative estimate of drug-likeness (QED) is 0.382. The Bertz CT molecular complexity index is 1300. The minimum Gasteiger partial charge on any atom is -0.488 e. The van der Waals surface area contributed by atoms with Crippen LogP contribution in [0, 0.1) is 11.6 Å². The lowest BCUT2D eigenvalue weighted by Gasteiger charge is -2.14. The van der Waals surface area contributed by atoms with E-state index in [0.29, 0.717) is 16.7 Å². The number of hydrogen-bond acceptors (Lipinski definition) is 6. The van der Waals surface area contributed by atoms with E-state index in [1.165, 1.54) is 18.5 Å². The van der Waals surface area contributed by atoms with Gasteiger partial charge in [0, 0.05) is 34.8 Å². The number of carbonyl (C=O) groups excluding carboxylic acids is 1. The molecule has 0 aliphatic carbocycles. The normalized spacial score (nSPS) is 11.0. The van der Waals surface area contributed by atoms with Crippen molar-refractivity contribution in [2.75, 3.05) is 6.61 Å². The fraction of sp³-hybridized carbons (Fsp3) is 0.200. The number of fused-ring (bicyclic) bond motifs is 1. The number of nitrogens with zero attached hydrogens (tertiary/aromatic N) is 1. The molecule has 0 saturated heterocycles. The summed E-state index contributed by atoms with van der Waals surface area (Å²) in [5.74, 6) is -1.33. The monoisotopic (exact) mass is 452 g/mol. The largest absolute Gasteiger partial charge is 0.488 e. The van der Waals surface area contributed by atoms with Crippen molar-refractivity contribution < 1.29 is 27.5 Å². The zero-order valence-electron chi connectivity index (χ0n) is 17.9. The lowest BCUT2D eigenvalue weighted by Crippen LogP contribution is -2.09. The molecule has 2 N–H and O–H groups in total. The third kappa shape index (κ3) is 4.56. The number of para-hydroxylation sites is 1. The minimum absolute atomic E-state index is 0.00691. The SMILES string of the molecule is CCOC(=O)Cc1ccccc1OCc1cc2ccoc2c(-c2ccnc(CN)c2F)c1F. The number of halogens is 2. The Kier molecular flexibility index (Phi) is 6.65. The smallest absolute Gasteiger partial charge is 0.310 e. The van der Waals surface area contributed by atoms with Crippen molar-refractivity contribution in [3.8, 4) is 16.9 Å². The number of carbonyl (C=O) groups is 1. The van der Waals surface area contributed by atoms with Crippen LogP contribution in [0.15, 0.2) is 59.3 Å². The Morgan fingerprint density at radius 2 is 1.94 bits per heavy atom. The van der Waals surface area contributed by atoms with Gasteiger partial charge in [0.05, 0.1) is 30.5 Å². The molecule has 2 heterocycles. The highest BCUT2D eigenvalue weighted by Gasteiger charge is 2.22. The molecule has 0 atom stereocenters. The van der Waals surface area contributed by atoms with Gasteiger partial charge >= 0.3 is 5.97 Å². The second kappa shape index (κ2) is 9.79. The molecule has 0 bridgehead atoms. The summed E-state index contributed by atoms with van der Waals surface area (Å²) in [6, 6.07) is 11.6. The van der Waals surface area contributed by atoms with Crippen LogP contribution in [0.5, 0.6) is 5.75 Å². The Morgan fingerprint density at radius 1 is 1.12 bits per heavy atom. The van der Waals surface area contributed by atoms with Crippen LogP contribution >= 0.6 is 0 Å². The maximum Gasteiger partial charge on any atom is 0.310 e. The number of nitrogens with two attached hydrogens (primary N) is 1. The summed E-state index contributed by atoms with van der Waals surface area (Å²) < 4.78 is 47.0. The topological polar surface area (TPSA) is 87.6 Å². The second-order valence-corrected chi connectivity index (χ2v) is 7.27. The first-order valence-corrected chi connectivity index (χ1v) is 10.4. The maximum absolute atomic E-state index is 15.7. The fourth-order valence-corrected chi connectivity index (χ4v) is 3.63. The molecule has 2 aromatic carbocycles. The van der Waals surface area contributed by atoms with Crippen LogP contribution in [0.3, 0.4) is 0 Å². The Labute approximate surface area is 188 Å². The molecule has 8 heteroatoms. The van der Waals surface area contributed by atoms with Gasteiger partial charge in [0.1, 0.15) is 23.8 Å². The van der Waals surface area contributed by atoms with Gasteiger partial charge in [-0.1, -0.05) is 18.2 Å². The lowest BCUT2D eigenvalue weighted by atomic mass is 9.99. The van der Waals surface area contributed by atoms with Crippen LogP contribution < -0.4 is 10.5 Å². The van der Waals surface area contributed by atoms with E-state index in [1.54, 1.807) is 43.3 Å². The highest BCUT2D eigenvalue weighted by Crippen LogP contribution is 2.36. The third-order valence-electron chi connectivity index (χ3n) is 5.17. The van der Waals surface area contributed by atoms with E-state index in [4.69, 9.17) is 19.6 Å². The Balaban J connectivity index is 1.70. The summed E-state index contributed by atoms with van der Waals surface area (Å²) in [6.45, 7) is 1.74. The Hall–Kier alpha value is -3.78. The lowest BCUT2D eigenvalue weighted by molar-refractivity contribution is -0.142. The first kappa shape index (κ1) is 22.4. The number of benzene rings is 2. The number of furan rings is 1. The van der Waals surface area contributed by atoms with Gasteiger partial charge in [-0.15, -0.1) is 0 Å². The molecule has 0 saturated carbocycles. The van der Waals surface area contributed by atoms with E-state index in [2.05, 4.69) is 4.98 Å². The fourth-order valence-electron chi connectivity index (χ4n) is 3.63. The van der Waals surface area contributed by atoms with E-state index < -0.39 is 11.6 Å². The number of pyridine rings is 1. The van der Waals surface area contributed by atoms with E-state index in [0.717, 1.165) is 0 Å². The Morgan fingerprint density at radius 3 is 2.73 bits per heavy atom. The summed E-state index contributed by atoms with van der Waals surface area (Å²) in [4.78, 5) is 15.8. The molecule has 0 unspecified atom stereocenters. The van der Waals surface area contributed by atoms with Crippen LogP contribution in [-0.2, 0) is 29.1 Å². The van der Waals surface area contributed by atoms with Gasteiger partial charge in [-0.05, 0) is 31.2 Å². The van der Waals surface area contributed by atoms with Crippen molar-refractivity contribution >= 4 is 16.9 Å². The molecule has 4 rings (SSSR count). The average Bonchev–Trinajstić information content (AvgIpc) is 3.27. The van der Waals surface area contributed by atoms with Gasteiger partial charge in [-0.2, -0.15) is 0 Å². The van der Waals surface area contributed by atoms with Crippen LogP contribution in [0.25, 0.3) is 22.1 Å². The predicted molar refractivity (Wildman–Crippen MR) is 118 cm³/mol. The van der Waals surface area contributed by atoms with Crippen LogP contribution in [-0.4, -0.2) is 17.6 Å².